The topological polar surface area (TPSA) is 37.4 Å². The lowest BCUT2D eigenvalue weighted by Crippen LogP contribution is -2.29. The lowest BCUT2D eigenvalue weighted by Gasteiger charge is -2.27. The maximum Gasteiger partial charge on any atom is 0.299 e. The number of thioether (sulfide) groups is 1. The second-order valence-corrected chi connectivity index (χ2v) is 7.48. The number of imide groups is 1. The first kappa shape index (κ1) is 14.9. The molecule has 0 aliphatic carbocycles. The number of unbranched alkanes of at least 4 members (excludes halogenated alkanes) is 3. The number of amides is 2. The van der Waals surface area contributed by atoms with Gasteiger partial charge in [0.2, 0.25) is 0 Å². The Morgan fingerprint density at radius 2 is 2.00 bits per heavy atom. The van der Waals surface area contributed by atoms with E-state index in [2.05, 4.69) is 20.8 Å². The maximum atomic E-state index is 11.5. The lowest BCUT2D eigenvalue weighted by molar-refractivity contribution is -0.120. The van der Waals surface area contributed by atoms with Gasteiger partial charge in [0.1, 0.15) is 0 Å². The molecule has 1 heterocycles. The van der Waals surface area contributed by atoms with E-state index in [1.54, 1.807) is 0 Å². The first-order valence-electron chi connectivity index (χ1n) is 6.15. The fourth-order valence-electron chi connectivity index (χ4n) is 1.70. The van der Waals surface area contributed by atoms with Crippen LogP contribution in [-0.2, 0) is 4.79 Å². The molecule has 0 aromatic rings. The molecule has 1 rings (SSSR count). The van der Waals surface area contributed by atoms with Crippen LogP contribution in [0.1, 0.15) is 52.9 Å². The van der Waals surface area contributed by atoms with Crippen LogP contribution in [0.3, 0.4) is 0 Å². The lowest BCUT2D eigenvalue weighted by atomic mass is 10.0. The van der Waals surface area contributed by atoms with Gasteiger partial charge in [-0.05, 0) is 32.2 Å². The quantitative estimate of drug-likeness (QED) is 0.518. The predicted octanol–water partition coefficient (Wildman–Crippen LogP) is 4.08. The molecule has 0 unspecified atom stereocenters. The molecule has 1 aliphatic heterocycles. The summed E-state index contributed by atoms with van der Waals surface area (Å²) in [5, 5.41) is -0.110. The van der Waals surface area contributed by atoms with Gasteiger partial charge >= 0.3 is 0 Å². The van der Waals surface area contributed by atoms with Crippen LogP contribution in [0, 0.1) is 0 Å². The third-order valence-corrected chi connectivity index (χ3v) is 4.87. The summed E-state index contributed by atoms with van der Waals surface area (Å²) in [6.07, 6.45) is 5.93. The highest BCUT2D eigenvalue weighted by Crippen LogP contribution is 2.37. The fourth-order valence-corrected chi connectivity index (χ4v) is 3.62. The molecule has 1 fully saturated rings. The summed E-state index contributed by atoms with van der Waals surface area (Å²) in [6, 6.07) is 0. The Balaban J connectivity index is 2.37. The van der Waals surface area contributed by atoms with Gasteiger partial charge in [-0.3, -0.25) is 9.59 Å². The molecule has 0 spiro atoms. The summed E-state index contributed by atoms with van der Waals surface area (Å²) in [6.45, 7) is 6.40. The predicted molar refractivity (Wildman–Crippen MR) is 75.1 cm³/mol. The average Bonchev–Trinajstić information content (AvgIpc) is 2.56. The molecule has 1 aliphatic rings. The van der Waals surface area contributed by atoms with E-state index in [4.69, 9.17) is 0 Å². The minimum atomic E-state index is -0.110. The molecule has 0 saturated carbocycles. The Labute approximate surface area is 112 Å². The molecular formula is C12H21NO2S2. The monoisotopic (exact) mass is 275 g/mol. The molecule has 2 amide bonds. The van der Waals surface area contributed by atoms with Crippen LogP contribution < -0.4 is 0 Å². The van der Waals surface area contributed by atoms with Crippen molar-refractivity contribution >= 4 is 34.9 Å². The number of carbonyl (C=O) groups excluding carboxylic acids is 2. The molecule has 0 atom stereocenters. The van der Waals surface area contributed by atoms with Gasteiger partial charge in [-0.2, -0.15) is 0 Å². The number of hydrogen-bond donors (Lipinski definition) is 0. The highest BCUT2D eigenvalue weighted by Gasteiger charge is 2.35. The Morgan fingerprint density at radius 3 is 2.53 bits per heavy atom. The third-order valence-electron chi connectivity index (χ3n) is 2.68. The summed E-state index contributed by atoms with van der Waals surface area (Å²) < 4.78 is 1.30. The summed E-state index contributed by atoms with van der Waals surface area (Å²) >= 11 is 2.50. The van der Waals surface area contributed by atoms with Crippen LogP contribution in [-0.4, -0.2) is 26.0 Å². The van der Waals surface area contributed by atoms with Gasteiger partial charge in [-0.15, -0.1) is 0 Å². The van der Waals surface area contributed by atoms with Crippen molar-refractivity contribution in [1.82, 2.24) is 4.31 Å². The van der Waals surface area contributed by atoms with Crippen molar-refractivity contribution in [3.05, 3.63) is 0 Å². The van der Waals surface area contributed by atoms with Crippen LogP contribution in [0.5, 0.6) is 0 Å². The maximum absolute atomic E-state index is 11.5. The smallest absolute Gasteiger partial charge is 0.272 e. The van der Waals surface area contributed by atoms with Gasteiger partial charge in [0.25, 0.3) is 11.1 Å². The van der Waals surface area contributed by atoms with Crippen molar-refractivity contribution in [1.29, 1.82) is 0 Å². The van der Waals surface area contributed by atoms with Crippen LogP contribution in [0.4, 0.5) is 4.79 Å². The van der Waals surface area contributed by atoms with Crippen LogP contribution in [0.25, 0.3) is 0 Å². The number of nitrogens with zero attached hydrogens (tertiary/aromatic N) is 1. The summed E-state index contributed by atoms with van der Waals surface area (Å²) in [5.41, 5.74) is 0. The van der Waals surface area contributed by atoms with E-state index in [0.717, 1.165) is 24.6 Å². The van der Waals surface area contributed by atoms with E-state index in [0.29, 0.717) is 5.75 Å². The molecule has 17 heavy (non-hydrogen) atoms. The molecule has 0 N–H and O–H groups in total. The van der Waals surface area contributed by atoms with Gasteiger partial charge in [-0.25, -0.2) is 4.31 Å². The van der Waals surface area contributed by atoms with E-state index in [-0.39, 0.29) is 15.9 Å². The Morgan fingerprint density at radius 1 is 1.29 bits per heavy atom. The highest BCUT2D eigenvalue weighted by atomic mass is 32.2. The number of hydrogen-bond acceptors (Lipinski definition) is 4. The molecule has 98 valence electrons. The molecule has 0 bridgehead atoms. The van der Waals surface area contributed by atoms with Crippen molar-refractivity contribution < 1.29 is 9.59 Å². The summed E-state index contributed by atoms with van der Waals surface area (Å²) in [4.78, 5) is 23.0. The Kier molecular flexibility index (Phi) is 5.86. The van der Waals surface area contributed by atoms with Gasteiger partial charge in [-0.1, -0.05) is 44.4 Å². The number of carbonyl (C=O) groups is 2. The van der Waals surface area contributed by atoms with Crippen LogP contribution in [0.15, 0.2) is 0 Å². The molecule has 5 heteroatoms. The molecule has 0 aromatic heterocycles. The first-order chi connectivity index (χ1) is 7.96. The average molecular weight is 275 g/mol. The van der Waals surface area contributed by atoms with E-state index >= 15 is 0 Å². The summed E-state index contributed by atoms with van der Waals surface area (Å²) in [5.74, 6) is 0.240. The number of rotatable bonds is 7. The normalized spacial score (nSPS) is 17.0. The SMILES string of the molecule is CCCCCCC(C)(C)SN1C(=O)CSC1=O. The van der Waals surface area contributed by atoms with Gasteiger partial charge < -0.3 is 0 Å². The molecular weight excluding hydrogens is 254 g/mol. The molecule has 3 nitrogen and oxygen atoms in total. The standard InChI is InChI=1S/C12H21NO2S2/c1-4-5-6-7-8-12(2,3)17-13-10(14)9-16-11(13)15/h4-9H2,1-3H3. The van der Waals surface area contributed by atoms with Crippen molar-refractivity contribution in [2.24, 2.45) is 0 Å². The zero-order valence-corrected chi connectivity index (χ0v) is 12.5. The van der Waals surface area contributed by atoms with E-state index < -0.39 is 0 Å². The molecule has 0 aromatic carbocycles. The van der Waals surface area contributed by atoms with Gasteiger partial charge in [0, 0.05) is 4.75 Å². The van der Waals surface area contributed by atoms with Gasteiger partial charge in [0.15, 0.2) is 0 Å². The zero-order valence-electron chi connectivity index (χ0n) is 10.8. The second kappa shape index (κ2) is 6.69. The van der Waals surface area contributed by atoms with E-state index in [1.807, 2.05) is 0 Å². The van der Waals surface area contributed by atoms with E-state index in [1.165, 1.54) is 35.5 Å². The van der Waals surface area contributed by atoms with E-state index in [9.17, 15) is 9.59 Å². The summed E-state index contributed by atoms with van der Waals surface area (Å²) in [7, 11) is 0. The Bertz CT molecular complexity index is 276. The largest absolute Gasteiger partial charge is 0.299 e. The molecule has 1 saturated heterocycles. The third kappa shape index (κ3) is 4.92. The van der Waals surface area contributed by atoms with Crippen molar-refractivity contribution in [3.63, 3.8) is 0 Å². The zero-order chi connectivity index (χ0) is 12.9. The van der Waals surface area contributed by atoms with Crippen LogP contribution in [0.2, 0.25) is 0 Å². The van der Waals surface area contributed by atoms with Crippen molar-refractivity contribution in [3.8, 4) is 0 Å². The first-order valence-corrected chi connectivity index (χ1v) is 7.91. The van der Waals surface area contributed by atoms with Gasteiger partial charge in [0.05, 0.1) is 5.75 Å². The highest BCUT2D eigenvalue weighted by molar-refractivity contribution is 8.16. The minimum Gasteiger partial charge on any atom is -0.272 e. The van der Waals surface area contributed by atoms with Crippen molar-refractivity contribution in [2.45, 2.75) is 57.6 Å². The fraction of sp³-hybridized carbons (Fsp3) is 0.833. The van der Waals surface area contributed by atoms with Crippen LogP contribution >= 0.6 is 23.7 Å². The van der Waals surface area contributed by atoms with Crippen molar-refractivity contribution in [2.75, 3.05) is 5.75 Å². The second-order valence-electron chi connectivity index (χ2n) is 4.90. The Hall–Kier alpha value is -0.160. The minimum absolute atomic E-state index is 0.0377. The molecule has 0 radical (unpaired) electrons.